The number of fused-ring (bicyclic) bond motifs is 2. The number of aromatic carboxylic acids is 1. The third-order valence-corrected chi connectivity index (χ3v) is 11.2. The molecule has 8 N–H and O–H groups in total. The lowest BCUT2D eigenvalue weighted by atomic mass is 9.89. The van der Waals surface area contributed by atoms with Crippen molar-refractivity contribution in [3.05, 3.63) is 71.1 Å². The maximum atomic E-state index is 13.7. The number of imide groups is 1. The summed E-state index contributed by atoms with van der Waals surface area (Å²) < 4.78 is 103. The standard InChI is InChI=1S/C31H29N5O14S3/c1-33-22-8-6-19-25(20-15-16(3-4-17(20)31(40)41)30(39)34-12-13-36-23(37)9-10-24(36)38)18-5-7-21(32)28(26(18)50-27(19)29(22)53(47,48)49)52(45,46)35-11-2-14-51(42,43)44/h3-10,15,35H,2,11-14,32H2,1H3,(H,34,39)(H,40,41)(H,42,43,44)(H,47,48,49)/p+1. The summed E-state index contributed by atoms with van der Waals surface area (Å²) in [4.78, 5) is 51.5. The number of carbonyl (C=O) groups excluding carboxylic acids is 3. The van der Waals surface area contributed by atoms with E-state index in [1.165, 1.54) is 31.3 Å². The van der Waals surface area contributed by atoms with E-state index in [-0.39, 0.29) is 52.5 Å². The summed E-state index contributed by atoms with van der Waals surface area (Å²) in [5.74, 6) is -4.88. The number of nitrogen functional groups attached to an aromatic ring is 1. The van der Waals surface area contributed by atoms with Gasteiger partial charge in [0.25, 0.3) is 27.8 Å². The smallest absolute Gasteiger partial charge is 0.336 e. The van der Waals surface area contributed by atoms with Crippen LogP contribution in [0.15, 0.2) is 68.8 Å². The first kappa shape index (κ1) is 38.7. The Hall–Kier alpha value is -5.52. The van der Waals surface area contributed by atoms with E-state index >= 15 is 0 Å². The molecule has 0 aromatic heterocycles. The molecule has 2 heterocycles. The van der Waals surface area contributed by atoms with Gasteiger partial charge in [0.1, 0.15) is 11.9 Å². The van der Waals surface area contributed by atoms with Crippen molar-refractivity contribution in [1.29, 1.82) is 0 Å². The monoisotopic (exact) mass is 792 g/mol. The van der Waals surface area contributed by atoms with Gasteiger partial charge in [-0.15, -0.1) is 0 Å². The molecule has 22 heteroatoms. The molecular formula is C31H30N5O14S3+. The first-order valence-electron chi connectivity index (χ1n) is 15.2. The van der Waals surface area contributed by atoms with Gasteiger partial charge in [0.2, 0.25) is 20.3 Å². The Balaban J connectivity index is 1.77. The van der Waals surface area contributed by atoms with E-state index in [1.54, 1.807) is 0 Å². The molecule has 2 aromatic rings. The lowest BCUT2D eigenvalue weighted by molar-refractivity contribution is -0.467. The molecule has 53 heavy (non-hydrogen) atoms. The van der Waals surface area contributed by atoms with E-state index in [4.69, 9.17) is 14.7 Å². The molecule has 0 saturated heterocycles. The Morgan fingerprint density at radius 3 is 2.19 bits per heavy atom. The second-order valence-electron chi connectivity index (χ2n) is 11.4. The van der Waals surface area contributed by atoms with Crippen LogP contribution in [0.3, 0.4) is 0 Å². The van der Waals surface area contributed by atoms with Crippen molar-refractivity contribution < 1.29 is 68.1 Å². The fourth-order valence-corrected chi connectivity index (χ4v) is 8.33. The van der Waals surface area contributed by atoms with Gasteiger partial charge in [-0.2, -0.15) is 16.8 Å². The molecule has 0 bridgehead atoms. The van der Waals surface area contributed by atoms with Crippen LogP contribution in [0.1, 0.15) is 27.1 Å². The summed E-state index contributed by atoms with van der Waals surface area (Å²) in [6.45, 7) is -0.886. The molecule has 3 amide bonds. The first-order valence-corrected chi connectivity index (χ1v) is 19.7. The summed E-state index contributed by atoms with van der Waals surface area (Å²) in [5, 5.41) is 12.4. The van der Waals surface area contributed by atoms with E-state index < -0.39 is 98.6 Å². The number of carboxylic acids is 1. The molecular weight excluding hydrogens is 763 g/mol. The van der Waals surface area contributed by atoms with Gasteiger partial charge in [0.15, 0.2) is 11.3 Å². The van der Waals surface area contributed by atoms with Gasteiger partial charge in [-0.05, 0) is 48.4 Å². The summed E-state index contributed by atoms with van der Waals surface area (Å²) in [6, 6.07) is 8.31. The third-order valence-electron chi connectivity index (χ3n) is 7.97. The number of anilines is 1. The Labute approximate surface area is 300 Å². The predicted octanol–water partition coefficient (Wildman–Crippen LogP) is -1.45. The van der Waals surface area contributed by atoms with Gasteiger partial charge >= 0.3 is 16.1 Å². The highest BCUT2D eigenvalue weighted by Gasteiger charge is 2.34. The Morgan fingerprint density at radius 2 is 1.58 bits per heavy atom. The Kier molecular flexibility index (Phi) is 10.6. The van der Waals surface area contributed by atoms with E-state index in [1.807, 2.05) is 0 Å². The highest BCUT2D eigenvalue weighted by atomic mass is 32.2. The summed E-state index contributed by atoms with van der Waals surface area (Å²) >= 11 is 0. The zero-order chi connectivity index (χ0) is 39.0. The molecule has 19 nitrogen and oxygen atoms in total. The minimum Gasteiger partial charge on any atom is -0.478 e. The quantitative estimate of drug-likeness (QED) is 0.0268. The minimum absolute atomic E-state index is 0.144. The number of hydrogen-bond acceptors (Lipinski definition) is 12. The number of nitrogens with zero attached hydrogens (tertiary/aromatic N) is 1. The van der Waals surface area contributed by atoms with E-state index in [0.29, 0.717) is 0 Å². The fourth-order valence-electron chi connectivity index (χ4n) is 5.65. The van der Waals surface area contributed by atoms with E-state index in [0.717, 1.165) is 35.3 Å². The normalized spacial score (nSPS) is 14.1. The number of sulfonamides is 1. The number of carboxylic acid groups (broad SMARTS) is 1. The average molecular weight is 793 g/mol. The molecule has 0 saturated carbocycles. The SMILES string of the molecule is C[NH+]=c1ccc2c(-c3cc(C(=O)NCCN4C(=O)C=CC4=O)ccc3C(=O)O)c3ccc(N)c(S(=O)(=O)NCCCS(=O)(=O)O)c3oc-2c1S(=O)(=O)O. The lowest BCUT2D eigenvalue weighted by Crippen LogP contribution is -2.72. The van der Waals surface area contributed by atoms with E-state index in [2.05, 4.69) is 15.0 Å². The molecule has 0 atom stereocenters. The van der Waals surface area contributed by atoms with Crippen LogP contribution in [0.25, 0.3) is 33.4 Å². The molecule has 0 fully saturated rings. The van der Waals surface area contributed by atoms with Gasteiger partial charge in [-0.25, -0.2) is 22.9 Å². The van der Waals surface area contributed by atoms with Gasteiger partial charge in [-0.3, -0.25) is 28.4 Å². The molecule has 2 aromatic carbocycles. The minimum atomic E-state index is -5.17. The summed E-state index contributed by atoms with van der Waals surface area (Å²) in [7, 11) is -13.0. The predicted molar refractivity (Wildman–Crippen MR) is 184 cm³/mol. The van der Waals surface area contributed by atoms with Crippen LogP contribution < -0.4 is 26.1 Å². The second kappa shape index (κ2) is 14.5. The van der Waals surface area contributed by atoms with Gasteiger partial charge < -0.3 is 20.6 Å². The van der Waals surface area contributed by atoms with Crippen LogP contribution >= 0.6 is 0 Å². The van der Waals surface area contributed by atoms with Crippen LogP contribution in [-0.2, 0) is 39.8 Å². The van der Waals surface area contributed by atoms with Crippen LogP contribution in [0.5, 0.6) is 0 Å². The van der Waals surface area contributed by atoms with Crippen molar-refractivity contribution in [1.82, 2.24) is 14.9 Å². The molecule has 0 radical (unpaired) electrons. The van der Waals surface area contributed by atoms with Crippen molar-refractivity contribution in [2.75, 3.05) is 38.2 Å². The summed E-state index contributed by atoms with van der Waals surface area (Å²) in [5.41, 5.74) is 3.92. The van der Waals surface area contributed by atoms with Crippen LogP contribution in [-0.4, -0.2) is 100 Å². The molecule has 0 spiro atoms. The van der Waals surface area contributed by atoms with Crippen molar-refractivity contribution in [3.8, 4) is 22.5 Å². The topological polar surface area (TPSA) is 312 Å². The fraction of sp³-hybridized carbons (Fsp3) is 0.194. The van der Waals surface area contributed by atoms with Gasteiger partial charge in [0, 0.05) is 59.9 Å². The Morgan fingerprint density at radius 1 is 0.906 bits per heavy atom. The van der Waals surface area contributed by atoms with Crippen LogP contribution in [0.2, 0.25) is 0 Å². The summed E-state index contributed by atoms with van der Waals surface area (Å²) in [6.07, 6.45) is 1.77. The highest BCUT2D eigenvalue weighted by Crippen LogP contribution is 2.45. The highest BCUT2D eigenvalue weighted by molar-refractivity contribution is 7.90. The number of benzene rings is 3. The van der Waals surface area contributed by atoms with Gasteiger partial charge in [0.05, 0.1) is 17.0 Å². The molecule has 280 valence electrons. The first-order chi connectivity index (χ1) is 24.7. The second-order valence-corrected chi connectivity index (χ2v) is 16.0. The van der Waals surface area contributed by atoms with Crippen molar-refractivity contribution in [2.24, 2.45) is 0 Å². The number of nitrogens with two attached hydrogens (primary N) is 1. The van der Waals surface area contributed by atoms with Crippen molar-refractivity contribution in [3.63, 3.8) is 0 Å². The molecule has 5 rings (SSSR count). The number of hydrogen-bond donors (Lipinski definition) is 7. The number of nitrogens with one attached hydrogen (secondary N) is 3. The van der Waals surface area contributed by atoms with Crippen molar-refractivity contribution >= 4 is 70.6 Å². The van der Waals surface area contributed by atoms with Crippen LogP contribution in [0.4, 0.5) is 5.69 Å². The third kappa shape index (κ3) is 7.96. The Bertz CT molecular complexity index is 2620. The van der Waals surface area contributed by atoms with Crippen molar-refractivity contribution in [2.45, 2.75) is 16.2 Å². The number of carbonyl (C=O) groups is 4. The average Bonchev–Trinajstić information content (AvgIpc) is 3.39. The maximum absolute atomic E-state index is 13.7. The maximum Gasteiger partial charge on any atom is 0.336 e. The zero-order valence-corrected chi connectivity index (χ0v) is 29.8. The zero-order valence-electron chi connectivity index (χ0n) is 27.3. The number of amides is 3. The van der Waals surface area contributed by atoms with E-state index in [9.17, 15) is 54.1 Å². The lowest BCUT2D eigenvalue weighted by Gasteiger charge is -2.20. The van der Waals surface area contributed by atoms with Gasteiger partial charge in [-0.1, -0.05) is 0 Å². The molecule has 3 aliphatic rings. The largest absolute Gasteiger partial charge is 0.478 e. The molecule has 1 aliphatic carbocycles. The molecule has 2 aliphatic heterocycles. The molecule has 0 unspecified atom stereocenters. The van der Waals surface area contributed by atoms with Crippen LogP contribution in [0, 0.1) is 0 Å². The number of rotatable bonds is 13.